The van der Waals surface area contributed by atoms with Crippen molar-refractivity contribution < 1.29 is 14.3 Å². The summed E-state index contributed by atoms with van der Waals surface area (Å²) < 4.78 is 5.66. The van der Waals surface area contributed by atoms with E-state index in [1.165, 1.54) is 6.08 Å². The third-order valence-electron chi connectivity index (χ3n) is 4.72. The summed E-state index contributed by atoms with van der Waals surface area (Å²) in [7, 11) is 0. The summed E-state index contributed by atoms with van der Waals surface area (Å²) in [5.41, 5.74) is 3.50. The van der Waals surface area contributed by atoms with Crippen LogP contribution in [0.1, 0.15) is 16.7 Å². The van der Waals surface area contributed by atoms with Crippen LogP contribution in [0.25, 0.3) is 6.08 Å². The number of amides is 2. The summed E-state index contributed by atoms with van der Waals surface area (Å²) in [6.45, 7) is 3.56. The lowest BCUT2D eigenvalue weighted by atomic mass is 10.1. The second kappa shape index (κ2) is 11.0. The molecule has 0 atom stereocenters. The molecule has 0 heterocycles. The molecule has 0 aliphatic heterocycles. The molecule has 0 bridgehead atoms. The summed E-state index contributed by atoms with van der Waals surface area (Å²) in [5, 5.41) is 15.4. The zero-order valence-corrected chi connectivity index (χ0v) is 18.9. The number of nitriles is 1. The Morgan fingerprint density at radius 2 is 1.76 bits per heavy atom. The van der Waals surface area contributed by atoms with Crippen molar-refractivity contribution in [1.82, 2.24) is 0 Å². The van der Waals surface area contributed by atoms with E-state index in [4.69, 9.17) is 16.3 Å². The Morgan fingerprint density at radius 1 is 1.03 bits per heavy atom. The van der Waals surface area contributed by atoms with E-state index in [1.54, 1.807) is 42.5 Å². The van der Waals surface area contributed by atoms with Crippen molar-refractivity contribution in [3.05, 3.63) is 94.0 Å². The highest BCUT2D eigenvalue weighted by Crippen LogP contribution is 2.26. The number of nitrogens with one attached hydrogen (secondary N) is 2. The molecule has 0 saturated carbocycles. The Bertz CT molecular complexity index is 1240. The molecule has 2 N–H and O–H groups in total. The lowest BCUT2D eigenvalue weighted by molar-refractivity contribution is -0.118. The number of anilines is 2. The smallest absolute Gasteiger partial charge is 0.266 e. The molecule has 33 heavy (non-hydrogen) atoms. The third kappa shape index (κ3) is 6.70. The van der Waals surface area contributed by atoms with Gasteiger partial charge < -0.3 is 15.4 Å². The molecule has 0 aliphatic carbocycles. The first kappa shape index (κ1) is 23.6. The SMILES string of the molecule is Cc1ccc(NC(=O)COc2ccc(Cl)cc2/C=C(\C#N)C(=O)Nc2ccccc2C)cc1. The van der Waals surface area contributed by atoms with Gasteiger partial charge in [0.15, 0.2) is 6.61 Å². The molecule has 7 heteroatoms. The second-order valence-corrected chi connectivity index (χ2v) is 7.76. The number of aryl methyl sites for hydroxylation is 2. The Labute approximate surface area is 197 Å². The molecule has 0 aliphatic rings. The number of halogens is 1. The number of rotatable bonds is 7. The van der Waals surface area contributed by atoms with Crippen molar-refractivity contribution in [3.63, 3.8) is 0 Å². The summed E-state index contributed by atoms with van der Waals surface area (Å²) >= 11 is 6.11. The molecule has 0 spiro atoms. The maximum atomic E-state index is 12.6. The van der Waals surface area contributed by atoms with Crippen LogP contribution in [0.5, 0.6) is 5.75 Å². The van der Waals surface area contributed by atoms with E-state index in [0.29, 0.717) is 27.7 Å². The summed E-state index contributed by atoms with van der Waals surface area (Å²) in [6.07, 6.45) is 1.38. The van der Waals surface area contributed by atoms with Crippen LogP contribution >= 0.6 is 11.6 Å². The van der Waals surface area contributed by atoms with Crippen LogP contribution in [0, 0.1) is 25.2 Å². The normalized spacial score (nSPS) is 10.8. The number of ether oxygens (including phenoxy) is 1. The van der Waals surface area contributed by atoms with Crippen molar-refractivity contribution >= 4 is 40.9 Å². The lowest BCUT2D eigenvalue weighted by Gasteiger charge is -2.11. The Kier molecular flexibility index (Phi) is 7.85. The molecular formula is C26H22ClN3O3. The average Bonchev–Trinajstić information content (AvgIpc) is 2.79. The Balaban J connectivity index is 1.75. The highest BCUT2D eigenvalue weighted by Gasteiger charge is 2.14. The standard InChI is InChI=1S/C26H22ClN3O3/c1-17-7-10-22(11-8-17)29-25(31)16-33-24-12-9-21(27)14-19(24)13-20(15-28)26(32)30-23-6-4-3-5-18(23)2/h3-14H,16H2,1-2H3,(H,29,31)(H,30,32)/b20-13+. The van der Waals surface area contributed by atoms with Crippen molar-refractivity contribution in [2.75, 3.05) is 17.2 Å². The first-order valence-corrected chi connectivity index (χ1v) is 10.5. The predicted octanol–water partition coefficient (Wildman–Crippen LogP) is 5.52. The number of carbonyl (C=O) groups is 2. The van der Waals surface area contributed by atoms with E-state index < -0.39 is 5.91 Å². The van der Waals surface area contributed by atoms with Gasteiger partial charge in [-0.3, -0.25) is 9.59 Å². The van der Waals surface area contributed by atoms with Crippen molar-refractivity contribution in [3.8, 4) is 11.8 Å². The first-order valence-electron chi connectivity index (χ1n) is 10.1. The third-order valence-corrected chi connectivity index (χ3v) is 4.96. The van der Waals surface area contributed by atoms with Crippen molar-refractivity contribution in [2.24, 2.45) is 0 Å². The minimum absolute atomic E-state index is 0.130. The number of nitrogens with zero attached hydrogens (tertiary/aromatic N) is 1. The quantitative estimate of drug-likeness (QED) is 0.359. The highest BCUT2D eigenvalue weighted by atomic mass is 35.5. The fourth-order valence-corrected chi connectivity index (χ4v) is 3.13. The van der Waals surface area contributed by atoms with Gasteiger partial charge in [-0.25, -0.2) is 0 Å². The molecule has 3 aromatic carbocycles. The molecule has 2 amide bonds. The van der Waals surface area contributed by atoms with Crippen LogP contribution in [-0.4, -0.2) is 18.4 Å². The summed E-state index contributed by atoms with van der Waals surface area (Å²) in [4.78, 5) is 24.9. The second-order valence-electron chi connectivity index (χ2n) is 7.32. The minimum atomic E-state index is -0.560. The van der Waals surface area contributed by atoms with Crippen LogP contribution in [0.3, 0.4) is 0 Å². The monoisotopic (exact) mass is 459 g/mol. The van der Waals surface area contributed by atoms with Crippen molar-refractivity contribution in [2.45, 2.75) is 13.8 Å². The van der Waals surface area contributed by atoms with Crippen LogP contribution in [0.15, 0.2) is 72.3 Å². The number of hydrogen-bond donors (Lipinski definition) is 2. The summed E-state index contributed by atoms with van der Waals surface area (Å²) in [5.74, 6) is -0.591. The van der Waals surface area contributed by atoms with Gasteiger partial charge in [0.05, 0.1) is 0 Å². The maximum Gasteiger partial charge on any atom is 0.266 e. The molecule has 3 aromatic rings. The van der Waals surface area contributed by atoms with E-state index in [0.717, 1.165) is 11.1 Å². The molecule has 6 nitrogen and oxygen atoms in total. The molecule has 0 unspecified atom stereocenters. The van der Waals surface area contributed by atoms with Gasteiger partial charge in [0.25, 0.3) is 11.8 Å². The van der Waals surface area contributed by atoms with Gasteiger partial charge in [-0.15, -0.1) is 0 Å². The van der Waals surface area contributed by atoms with Crippen LogP contribution < -0.4 is 15.4 Å². The number of carbonyl (C=O) groups excluding carboxylic acids is 2. The molecular weight excluding hydrogens is 438 g/mol. The number of benzene rings is 3. The Hall–Kier alpha value is -4.08. The van der Waals surface area contributed by atoms with Crippen molar-refractivity contribution in [1.29, 1.82) is 5.26 Å². The first-order chi connectivity index (χ1) is 15.9. The van der Waals surface area contributed by atoms with Crippen LogP contribution in [0.2, 0.25) is 5.02 Å². The Morgan fingerprint density at radius 3 is 2.45 bits per heavy atom. The van der Waals surface area contributed by atoms with E-state index >= 15 is 0 Å². The zero-order valence-electron chi connectivity index (χ0n) is 18.2. The maximum absolute atomic E-state index is 12.6. The largest absolute Gasteiger partial charge is 0.483 e. The predicted molar refractivity (Wildman–Crippen MR) is 130 cm³/mol. The summed E-state index contributed by atoms with van der Waals surface area (Å²) in [6, 6.07) is 21.3. The van der Waals surface area contributed by atoms with Gasteiger partial charge in [0, 0.05) is 22.0 Å². The van der Waals surface area contributed by atoms with Gasteiger partial charge in [0.2, 0.25) is 0 Å². The highest BCUT2D eigenvalue weighted by molar-refractivity contribution is 6.30. The lowest BCUT2D eigenvalue weighted by Crippen LogP contribution is -2.20. The topological polar surface area (TPSA) is 91.2 Å². The number of hydrogen-bond acceptors (Lipinski definition) is 4. The fraction of sp³-hybridized carbons (Fsp3) is 0.115. The number of para-hydroxylation sites is 1. The average molecular weight is 460 g/mol. The van der Waals surface area contributed by atoms with Gasteiger partial charge >= 0.3 is 0 Å². The fourth-order valence-electron chi connectivity index (χ4n) is 2.95. The van der Waals surface area contributed by atoms with Gasteiger partial charge in [-0.05, 0) is 61.9 Å². The molecule has 166 valence electrons. The van der Waals surface area contributed by atoms with Crippen LogP contribution in [0.4, 0.5) is 11.4 Å². The van der Waals surface area contributed by atoms with Gasteiger partial charge in [0.1, 0.15) is 17.4 Å². The van der Waals surface area contributed by atoms with E-state index in [1.807, 2.05) is 44.2 Å². The minimum Gasteiger partial charge on any atom is -0.483 e. The van der Waals surface area contributed by atoms with E-state index in [9.17, 15) is 14.9 Å². The molecule has 0 saturated heterocycles. The molecule has 0 aromatic heterocycles. The zero-order chi connectivity index (χ0) is 23.8. The van der Waals surface area contributed by atoms with Crippen LogP contribution in [-0.2, 0) is 9.59 Å². The van der Waals surface area contributed by atoms with E-state index in [-0.39, 0.29) is 18.1 Å². The van der Waals surface area contributed by atoms with Gasteiger partial charge in [-0.2, -0.15) is 5.26 Å². The molecule has 3 rings (SSSR count). The molecule has 0 fully saturated rings. The molecule has 0 radical (unpaired) electrons. The van der Waals surface area contributed by atoms with Gasteiger partial charge in [-0.1, -0.05) is 47.5 Å². The van der Waals surface area contributed by atoms with E-state index in [2.05, 4.69) is 10.6 Å².